The van der Waals surface area contributed by atoms with E-state index in [2.05, 4.69) is 5.32 Å². The van der Waals surface area contributed by atoms with Crippen molar-refractivity contribution >= 4 is 35.0 Å². The van der Waals surface area contributed by atoms with Crippen molar-refractivity contribution in [1.29, 1.82) is 0 Å². The molecule has 0 aromatic heterocycles. The summed E-state index contributed by atoms with van der Waals surface area (Å²) in [5.74, 6) is -7.42. The summed E-state index contributed by atoms with van der Waals surface area (Å²) >= 11 is 0. The molecule has 1 fully saturated rings. The standard InChI is InChI=1S/C24H28N4O9/c1-27(2)16-11-8-10-7-9-5-6-12(26-23(35)37-28(3)4)17(29)13(9)18(30)14(10)20(32)24(11,36)21(33)15(19(16)31)22(25)34/h5-6,10-11,16,29-30,33,36H,7-8H2,1-4H3,(H2,25,34)(H,26,35). The summed E-state index contributed by atoms with van der Waals surface area (Å²) in [6.45, 7) is 0. The Hall–Kier alpha value is -3.94. The molecule has 13 nitrogen and oxygen atoms in total. The highest BCUT2D eigenvalue weighted by molar-refractivity contribution is 6.24. The second kappa shape index (κ2) is 8.87. The summed E-state index contributed by atoms with van der Waals surface area (Å²) in [4.78, 5) is 57.1. The van der Waals surface area contributed by atoms with E-state index in [0.717, 1.165) is 5.06 Å². The molecule has 37 heavy (non-hydrogen) atoms. The van der Waals surface area contributed by atoms with Gasteiger partial charge in [-0.3, -0.25) is 24.6 Å². The van der Waals surface area contributed by atoms with Crippen molar-refractivity contribution in [3.05, 3.63) is 40.2 Å². The molecular weight excluding hydrogens is 488 g/mol. The van der Waals surface area contributed by atoms with Gasteiger partial charge < -0.3 is 31.0 Å². The van der Waals surface area contributed by atoms with Gasteiger partial charge in [0.15, 0.2) is 11.4 Å². The molecule has 0 radical (unpaired) electrons. The molecule has 0 heterocycles. The number of hydroxylamine groups is 2. The largest absolute Gasteiger partial charge is 0.508 e. The van der Waals surface area contributed by atoms with E-state index < -0.39 is 69.9 Å². The predicted molar refractivity (Wildman–Crippen MR) is 128 cm³/mol. The molecule has 0 saturated heterocycles. The molecule has 1 saturated carbocycles. The van der Waals surface area contributed by atoms with Crippen molar-refractivity contribution in [3.63, 3.8) is 0 Å². The van der Waals surface area contributed by atoms with Crippen LogP contribution in [0.3, 0.4) is 0 Å². The molecule has 198 valence electrons. The van der Waals surface area contributed by atoms with E-state index in [1.807, 2.05) is 0 Å². The Morgan fingerprint density at radius 2 is 1.78 bits per heavy atom. The van der Waals surface area contributed by atoms with E-state index in [0.29, 0.717) is 5.56 Å². The number of rotatable bonds is 4. The number of hydrogen-bond acceptors (Lipinski definition) is 11. The number of phenols is 1. The molecule has 2 amide bonds. The highest BCUT2D eigenvalue weighted by atomic mass is 16.7. The highest BCUT2D eigenvalue weighted by Crippen LogP contribution is 2.53. The first-order valence-electron chi connectivity index (χ1n) is 11.4. The molecule has 4 unspecified atom stereocenters. The Bertz CT molecular complexity index is 1300. The SMILES string of the molecule is CN(C)OC(=O)Nc1ccc2c(c1O)C(O)=C1C(=O)C3(O)C(O)=C(C(N)=O)C(=O)C(N(C)C)C3CC1C2. The van der Waals surface area contributed by atoms with Crippen LogP contribution in [0, 0.1) is 11.8 Å². The molecule has 3 aliphatic carbocycles. The predicted octanol–water partition coefficient (Wildman–Crippen LogP) is -0.0109. The fourth-order valence-corrected chi connectivity index (χ4v) is 5.62. The molecule has 4 rings (SSSR count). The summed E-state index contributed by atoms with van der Waals surface area (Å²) in [6.07, 6.45) is -0.783. The Labute approximate surface area is 211 Å². The Kier molecular flexibility index (Phi) is 6.26. The Morgan fingerprint density at radius 1 is 1.14 bits per heavy atom. The zero-order valence-corrected chi connectivity index (χ0v) is 20.6. The smallest absolute Gasteiger partial charge is 0.430 e. The zero-order valence-electron chi connectivity index (χ0n) is 20.6. The molecular formula is C24H28N4O9. The number of Topliss-reactive ketones (excluding diaryl/α,β-unsaturated/α-hetero) is 2. The molecule has 3 aliphatic rings. The van der Waals surface area contributed by atoms with Crippen LogP contribution < -0.4 is 11.1 Å². The quantitative estimate of drug-likeness (QED) is 0.178. The minimum Gasteiger partial charge on any atom is -0.508 e. The number of nitrogens with one attached hydrogen (secondary N) is 1. The fraction of sp³-hybridized carbons (Fsp3) is 0.417. The maximum Gasteiger partial charge on any atom is 0.430 e. The number of hydrogen-bond donors (Lipinski definition) is 6. The van der Waals surface area contributed by atoms with Crippen LogP contribution in [0.1, 0.15) is 17.5 Å². The lowest BCUT2D eigenvalue weighted by atomic mass is 9.57. The number of aliphatic hydroxyl groups excluding tert-OH is 2. The number of carbonyl (C=O) groups is 4. The van der Waals surface area contributed by atoms with Crippen molar-refractivity contribution < 1.29 is 44.4 Å². The van der Waals surface area contributed by atoms with Gasteiger partial charge in [0.2, 0.25) is 5.78 Å². The number of nitrogens with two attached hydrogens (primary N) is 1. The van der Waals surface area contributed by atoms with Crippen LogP contribution in [-0.2, 0) is 25.6 Å². The lowest BCUT2D eigenvalue weighted by Crippen LogP contribution is -2.65. The molecule has 0 aliphatic heterocycles. The maximum absolute atomic E-state index is 13.8. The maximum atomic E-state index is 13.8. The normalized spacial score (nSPS) is 27.2. The zero-order chi connectivity index (χ0) is 27.6. The molecule has 13 heteroatoms. The number of nitrogens with zero attached hydrogens (tertiary/aromatic N) is 2. The Morgan fingerprint density at radius 3 is 2.35 bits per heavy atom. The van der Waals surface area contributed by atoms with Crippen molar-refractivity contribution in [1.82, 2.24) is 9.96 Å². The fourth-order valence-electron chi connectivity index (χ4n) is 5.62. The molecule has 0 bridgehead atoms. The van der Waals surface area contributed by atoms with E-state index in [4.69, 9.17) is 10.6 Å². The number of likely N-dealkylation sites (N-methyl/N-ethyl adjacent to an activating group) is 1. The average Bonchev–Trinajstić information content (AvgIpc) is 2.77. The first-order valence-corrected chi connectivity index (χ1v) is 11.4. The van der Waals surface area contributed by atoms with Crippen LogP contribution in [0.15, 0.2) is 29.0 Å². The third-order valence-corrected chi connectivity index (χ3v) is 7.10. The minimum atomic E-state index is -2.72. The molecule has 0 spiro atoms. The summed E-state index contributed by atoms with van der Waals surface area (Å²) in [6, 6.07) is 1.81. The third-order valence-electron chi connectivity index (χ3n) is 7.10. The lowest BCUT2D eigenvalue weighted by molar-refractivity contribution is -0.153. The molecule has 1 aromatic carbocycles. The van der Waals surface area contributed by atoms with Gasteiger partial charge in [-0.2, -0.15) is 0 Å². The van der Waals surface area contributed by atoms with Gasteiger partial charge >= 0.3 is 6.09 Å². The van der Waals surface area contributed by atoms with Gasteiger partial charge in [0.05, 0.1) is 17.3 Å². The van der Waals surface area contributed by atoms with Gasteiger partial charge in [-0.15, -0.1) is 5.06 Å². The number of anilines is 1. The summed E-state index contributed by atoms with van der Waals surface area (Å²) in [5.41, 5.74) is 1.63. The topological polar surface area (TPSA) is 203 Å². The van der Waals surface area contributed by atoms with Gasteiger partial charge in [-0.25, -0.2) is 4.79 Å². The first-order chi connectivity index (χ1) is 17.2. The summed E-state index contributed by atoms with van der Waals surface area (Å²) in [5, 5.41) is 47.9. The molecule has 1 aromatic rings. The van der Waals surface area contributed by atoms with Crippen molar-refractivity contribution in [2.24, 2.45) is 17.6 Å². The van der Waals surface area contributed by atoms with E-state index in [9.17, 15) is 39.6 Å². The van der Waals surface area contributed by atoms with Gasteiger partial charge in [-0.05, 0) is 44.5 Å². The number of benzene rings is 1. The van der Waals surface area contributed by atoms with Gasteiger partial charge in [0.1, 0.15) is 22.8 Å². The number of ketones is 2. The number of fused-ring (bicyclic) bond motifs is 3. The molecule has 4 atom stereocenters. The van der Waals surface area contributed by atoms with Crippen LogP contribution in [0.5, 0.6) is 5.75 Å². The minimum absolute atomic E-state index is 0.0122. The van der Waals surface area contributed by atoms with Crippen LogP contribution in [0.2, 0.25) is 0 Å². The number of aliphatic hydroxyl groups is 3. The monoisotopic (exact) mass is 516 g/mol. The average molecular weight is 517 g/mol. The Balaban J connectivity index is 1.86. The van der Waals surface area contributed by atoms with Crippen molar-refractivity contribution in [2.75, 3.05) is 33.5 Å². The number of carbonyl (C=O) groups excluding carboxylic acids is 4. The van der Waals surface area contributed by atoms with Crippen LogP contribution in [0.4, 0.5) is 10.5 Å². The number of aromatic hydroxyl groups is 1. The summed E-state index contributed by atoms with van der Waals surface area (Å²) < 4.78 is 0. The van der Waals surface area contributed by atoms with E-state index in [1.165, 1.54) is 39.2 Å². The van der Waals surface area contributed by atoms with E-state index in [-0.39, 0.29) is 29.7 Å². The number of amides is 2. The van der Waals surface area contributed by atoms with Crippen molar-refractivity contribution in [2.45, 2.75) is 24.5 Å². The van der Waals surface area contributed by atoms with Gasteiger partial charge in [0.25, 0.3) is 5.91 Å². The lowest BCUT2D eigenvalue weighted by Gasteiger charge is -2.50. The van der Waals surface area contributed by atoms with Crippen molar-refractivity contribution in [3.8, 4) is 5.75 Å². The van der Waals surface area contributed by atoms with E-state index >= 15 is 0 Å². The summed E-state index contributed by atoms with van der Waals surface area (Å²) in [7, 11) is 6.01. The second-order valence-electron chi connectivity index (χ2n) is 9.77. The van der Waals surface area contributed by atoms with E-state index in [1.54, 1.807) is 6.07 Å². The van der Waals surface area contributed by atoms with Crippen LogP contribution in [0.25, 0.3) is 5.76 Å². The third kappa shape index (κ3) is 3.82. The van der Waals surface area contributed by atoms with Gasteiger partial charge in [0, 0.05) is 25.6 Å². The highest BCUT2D eigenvalue weighted by Gasteiger charge is 2.64. The number of phenolic OH excluding ortho intramolecular Hbond substituents is 1. The first kappa shape index (κ1) is 26.1. The molecule has 7 N–H and O–H groups in total. The second-order valence-corrected chi connectivity index (χ2v) is 9.77. The van der Waals surface area contributed by atoms with Crippen LogP contribution in [-0.4, -0.2) is 93.8 Å². The number of primary amides is 1. The van der Waals surface area contributed by atoms with Gasteiger partial charge in [-0.1, -0.05) is 6.07 Å². The van der Waals surface area contributed by atoms with Crippen LogP contribution >= 0.6 is 0 Å².